The number of halogens is 3. The first kappa shape index (κ1) is 17.3. The summed E-state index contributed by atoms with van der Waals surface area (Å²) < 4.78 is 39.5. The maximum atomic E-state index is 13.2. The molecule has 0 aliphatic carbocycles. The van der Waals surface area contributed by atoms with Gasteiger partial charge in [0, 0.05) is 30.4 Å². The molecule has 3 heterocycles. The van der Waals surface area contributed by atoms with Gasteiger partial charge in [0.2, 0.25) is 0 Å². The summed E-state index contributed by atoms with van der Waals surface area (Å²) in [4.78, 5) is 23.7. The Morgan fingerprint density at radius 2 is 1.96 bits per heavy atom. The van der Waals surface area contributed by atoms with E-state index in [4.69, 9.17) is 0 Å². The van der Waals surface area contributed by atoms with Crippen molar-refractivity contribution in [1.82, 2.24) is 20.3 Å². The monoisotopic (exact) mass is 372 g/mol. The van der Waals surface area contributed by atoms with E-state index < -0.39 is 11.7 Å². The van der Waals surface area contributed by atoms with Crippen LogP contribution >= 0.6 is 0 Å². The average Bonchev–Trinajstić information content (AvgIpc) is 3.07. The lowest BCUT2D eigenvalue weighted by atomic mass is 10.0. The number of alkyl halides is 3. The summed E-state index contributed by atoms with van der Waals surface area (Å²) in [5.41, 5.74) is 2.22. The Balaban J connectivity index is 1.78. The van der Waals surface area contributed by atoms with Crippen LogP contribution in [0.1, 0.15) is 27.2 Å². The Morgan fingerprint density at radius 3 is 2.70 bits per heavy atom. The van der Waals surface area contributed by atoms with Crippen LogP contribution in [0.4, 0.5) is 13.2 Å². The molecular formula is C19H15F3N4O. The van der Waals surface area contributed by atoms with E-state index >= 15 is 0 Å². The standard InChI is InChI=1S/C19H15F3N4O/c1-10-11(3-2-4-13(10)19(20,21)22)17-23-7-6-15(26-17)16-9-12-14(25-16)5-8-24-18(12)27/h2-4,6-7,9,25H,5,8H2,1H3,(H,24,27). The van der Waals surface area contributed by atoms with Gasteiger partial charge in [-0.05, 0) is 30.7 Å². The summed E-state index contributed by atoms with van der Waals surface area (Å²) in [6.45, 7) is 1.97. The van der Waals surface area contributed by atoms with E-state index in [9.17, 15) is 18.0 Å². The van der Waals surface area contributed by atoms with Crippen LogP contribution in [-0.2, 0) is 12.6 Å². The molecule has 1 aromatic carbocycles. The van der Waals surface area contributed by atoms with Gasteiger partial charge >= 0.3 is 6.18 Å². The molecule has 5 nitrogen and oxygen atoms in total. The molecule has 2 N–H and O–H groups in total. The third-order valence-corrected chi connectivity index (χ3v) is 4.62. The van der Waals surface area contributed by atoms with E-state index in [0.29, 0.717) is 35.5 Å². The van der Waals surface area contributed by atoms with Crippen molar-refractivity contribution < 1.29 is 18.0 Å². The summed E-state index contributed by atoms with van der Waals surface area (Å²) in [7, 11) is 0. The summed E-state index contributed by atoms with van der Waals surface area (Å²) >= 11 is 0. The number of hydrogen-bond donors (Lipinski definition) is 2. The number of amides is 1. The Labute approximate surface area is 152 Å². The third-order valence-electron chi connectivity index (χ3n) is 4.62. The molecule has 1 aliphatic rings. The lowest BCUT2D eigenvalue weighted by Crippen LogP contribution is -2.31. The minimum atomic E-state index is -4.44. The second-order valence-corrected chi connectivity index (χ2v) is 6.32. The minimum absolute atomic E-state index is 0.0762. The first-order valence-corrected chi connectivity index (χ1v) is 8.35. The first-order chi connectivity index (χ1) is 12.8. The second kappa shape index (κ2) is 6.22. The van der Waals surface area contributed by atoms with E-state index in [-0.39, 0.29) is 17.3 Å². The molecule has 0 atom stereocenters. The largest absolute Gasteiger partial charge is 0.416 e. The molecule has 0 fully saturated rings. The molecule has 0 radical (unpaired) electrons. The first-order valence-electron chi connectivity index (χ1n) is 8.35. The van der Waals surface area contributed by atoms with Crippen molar-refractivity contribution >= 4 is 5.91 Å². The lowest BCUT2D eigenvalue weighted by Gasteiger charge is -2.13. The van der Waals surface area contributed by atoms with Crippen molar-refractivity contribution in [2.75, 3.05) is 6.54 Å². The van der Waals surface area contributed by atoms with Crippen LogP contribution in [0.25, 0.3) is 22.8 Å². The summed E-state index contributed by atoms with van der Waals surface area (Å²) in [6, 6.07) is 7.31. The third kappa shape index (κ3) is 3.07. The van der Waals surface area contributed by atoms with Gasteiger partial charge in [-0.1, -0.05) is 12.1 Å². The van der Waals surface area contributed by atoms with E-state index in [0.717, 1.165) is 11.8 Å². The van der Waals surface area contributed by atoms with Crippen LogP contribution in [-0.4, -0.2) is 27.4 Å². The number of hydrogen-bond acceptors (Lipinski definition) is 3. The van der Waals surface area contributed by atoms with Crippen LogP contribution in [0.15, 0.2) is 36.5 Å². The molecule has 0 unspecified atom stereocenters. The van der Waals surface area contributed by atoms with Crippen LogP contribution in [0.3, 0.4) is 0 Å². The molecule has 8 heteroatoms. The highest BCUT2D eigenvalue weighted by Gasteiger charge is 2.33. The predicted molar refractivity (Wildman–Crippen MR) is 93.0 cm³/mol. The lowest BCUT2D eigenvalue weighted by molar-refractivity contribution is -0.138. The zero-order chi connectivity index (χ0) is 19.2. The maximum Gasteiger partial charge on any atom is 0.416 e. The molecule has 27 heavy (non-hydrogen) atoms. The quantitative estimate of drug-likeness (QED) is 0.720. The zero-order valence-corrected chi connectivity index (χ0v) is 14.3. The Bertz CT molecular complexity index is 1040. The topological polar surface area (TPSA) is 70.7 Å². The highest BCUT2D eigenvalue weighted by Crippen LogP contribution is 2.35. The van der Waals surface area contributed by atoms with Gasteiger partial charge in [0.05, 0.1) is 22.5 Å². The van der Waals surface area contributed by atoms with Gasteiger partial charge in [0.15, 0.2) is 5.82 Å². The van der Waals surface area contributed by atoms with Gasteiger partial charge in [-0.2, -0.15) is 13.2 Å². The summed E-state index contributed by atoms with van der Waals surface area (Å²) in [6.07, 6.45) is -2.26. The number of nitrogens with one attached hydrogen (secondary N) is 2. The summed E-state index contributed by atoms with van der Waals surface area (Å²) in [5.74, 6) is 0.0508. The Kier molecular flexibility index (Phi) is 3.98. The molecule has 4 rings (SSSR count). The molecule has 0 saturated heterocycles. The molecule has 0 bridgehead atoms. The molecule has 138 valence electrons. The van der Waals surface area contributed by atoms with Crippen LogP contribution in [0, 0.1) is 6.92 Å². The van der Waals surface area contributed by atoms with Crippen molar-refractivity contribution in [2.24, 2.45) is 0 Å². The number of nitrogens with zero attached hydrogens (tertiary/aromatic N) is 2. The number of H-pyrrole nitrogens is 1. The fourth-order valence-corrected chi connectivity index (χ4v) is 3.25. The predicted octanol–water partition coefficient (Wildman–Crippen LogP) is 3.75. The highest BCUT2D eigenvalue weighted by atomic mass is 19.4. The molecule has 0 saturated carbocycles. The van der Waals surface area contributed by atoms with Crippen LogP contribution < -0.4 is 5.32 Å². The molecule has 3 aromatic rings. The minimum Gasteiger partial charge on any atom is -0.356 e. The van der Waals surface area contributed by atoms with Crippen LogP contribution in [0.5, 0.6) is 0 Å². The van der Waals surface area contributed by atoms with Crippen molar-refractivity contribution in [1.29, 1.82) is 0 Å². The number of aromatic amines is 1. The SMILES string of the molecule is Cc1c(-c2nccc(-c3cc4c([nH]3)CCNC4=O)n2)cccc1C(F)(F)F. The zero-order valence-electron chi connectivity index (χ0n) is 14.3. The number of rotatable bonds is 2. The van der Waals surface area contributed by atoms with Gasteiger partial charge in [-0.3, -0.25) is 4.79 Å². The smallest absolute Gasteiger partial charge is 0.356 e. The Morgan fingerprint density at radius 1 is 1.15 bits per heavy atom. The van der Waals surface area contributed by atoms with Gasteiger partial charge in [0.1, 0.15) is 0 Å². The number of carbonyl (C=O) groups excluding carboxylic acids is 1. The number of benzene rings is 1. The van der Waals surface area contributed by atoms with Crippen LogP contribution in [0.2, 0.25) is 0 Å². The van der Waals surface area contributed by atoms with Gasteiger partial charge in [-0.15, -0.1) is 0 Å². The fraction of sp³-hybridized carbons (Fsp3) is 0.211. The number of carbonyl (C=O) groups is 1. The van der Waals surface area contributed by atoms with E-state index in [2.05, 4.69) is 20.3 Å². The molecular weight excluding hydrogens is 357 g/mol. The second-order valence-electron chi connectivity index (χ2n) is 6.32. The average molecular weight is 372 g/mol. The molecule has 0 spiro atoms. The normalized spacial score (nSPS) is 14.0. The Hall–Kier alpha value is -3.16. The number of fused-ring (bicyclic) bond motifs is 1. The van der Waals surface area contributed by atoms with Gasteiger partial charge in [-0.25, -0.2) is 9.97 Å². The molecule has 2 aromatic heterocycles. The van der Waals surface area contributed by atoms with E-state index in [1.54, 1.807) is 18.2 Å². The van der Waals surface area contributed by atoms with Crippen molar-refractivity contribution in [2.45, 2.75) is 19.5 Å². The van der Waals surface area contributed by atoms with Crippen molar-refractivity contribution in [3.05, 3.63) is 58.9 Å². The van der Waals surface area contributed by atoms with Crippen molar-refractivity contribution in [3.8, 4) is 22.8 Å². The van der Waals surface area contributed by atoms with Crippen molar-refractivity contribution in [3.63, 3.8) is 0 Å². The van der Waals surface area contributed by atoms with E-state index in [1.165, 1.54) is 19.2 Å². The maximum absolute atomic E-state index is 13.2. The highest BCUT2D eigenvalue weighted by molar-refractivity contribution is 5.97. The van der Waals surface area contributed by atoms with Gasteiger partial charge in [0.25, 0.3) is 5.91 Å². The molecule has 1 aliphatic heterocycles. The van der Waals surface area contributed by atoms with Gasteiger partial charge < -0.3 is 10.3 Å². The van der Waals surface area contributed by atoms with E-state index in [1.807, 2.05) is 0 Å². The molecule has 1 amide bonds. The fourth-order valence-electron chi connectivity index (χ4n) is 3.25. The number of aromatic nitrogens is 3. The summed E-state index contributed by atoms with van der Waals surface area (Å²) in [5, 5.41) is 2.77.